The molecule has 0 aliphatic carbocycles. The van der Waals surface area contributed by atoms with E-state index in [0.717, 1.165) is 5.69 Å². The zero-order valence-corrected chi connectivity index (χ0v) is 11.1. The van der Waals surface area contributed by atoms with Gasteiger partial charge in [-0.2, -0.15) is 0 Å². The average Bonchev–Trinajstić information content (AvgIpc) is 2.39. The molecule has 2 aromatic carbocycles. The highest BCUT2D eigenvalue weighted by Crippen LogP contribution is 2.24. The molecule has 0 aliphatic heterocycles. The fourth-order valence-electron chi connectivity index (χ4n) is 1.91. The van der Waals surface area contributed by atoms with Crippen LogP contribution in [0.4, 0.5) is 16.2 Å². The third-order valence-corrected chi connectivity index (χ3v) is 2.78. The van der Waals surface area contributed by atoms with Crippen molar-refractivity contribution >= 4 is 17.4 Å². The maximum atomic E-state index is 12.2. The van der Waals surface area contributed by atoms with E-state index in [1.54, 1.807) is 4.90 Å². The Balaban J connectivity index is 2.18. The second-order valence-corrected chi connectivity index (χ2v) is 4.25. The van der Waals surface area contributed by atoms with Crippen LogP contribution in [0.3, 0.4) is 0 Å². The van der Waals surface area contributed by atoms with Crippen LogP contribution in [0.5, 0.6) is 11.5 Å². The van der Waals surface area contributed by atoms with E-state index >= 15 is 0 Å². The molecule has 0 spiro atoms. The van der Waals surface area contributed by atoms with Crippen molar-refractivity contribution in [3.63, 3.8) is 0 Å². The van der Waals surface area contributed by atoms with Gasteiger partial charge in [0.05, 0.1) is 0 Å². The van der Waals surface area contributed by atoms with Crippen molar-refractivity contribution in [1.29, 1.82) is 0 Å². The zero-order chi connectivity index (χ0) is 14.5. The molecular weight excluding hydrogens is 256 g/mol. The quantitative estimate of drug-likeness (QED) is 0.803. The van der Waals surface area contributed by atoms with Crippen molar-refractivity contribution in [3.8, 4) is 11.5 Å². The standard InChI is InChI=1S/C15H16N2O3/c1-2-17(12-6-4-3-5-7-12)15(20)16-11-8-13(18)10-14(19)9-11/h3-10,18-19H,2H2,1H3,(H,16,20). The second kappa shape index (κ2) is 5.97. The van der Waals surface area contributed by atoms with Crippen LogP contribution in [0.2, 0.25) is 0 Å². The number of hydrogen-bond donors (Lipinski definition) is 3. The SMILES string of the molecule is CCN(C(=O)Nc1cc(O)cc(O)c1)c1ccccc1. The van der Waals surface area contributed by atoms with Crippen molar-refractivity contribution in [3.05, 3.63) is 48.5 Å². The van der Waals surface area contributed by atoms with Crippen LogP contribution in [0.1, 0.15) is 6.92 Å². The van der Waals surface area contributed by atoms with E-state index in [4.69, 9.17) is 0 Å². The first-order valence-corrected chi connectivity index (χ1v) is 6.26. The summed E-state index contributed by atoms with van der Waals surface area (Å²) in [6.45, 7) is 2.37. The van der Waals surface area contributed by atoms with Crippen molar-refractivity contribution in [2.45, 2.75) is 6.92 Å². The number of nitrogens with zero attached hydrogens (tertiary/aromatic N) is 1. The van der Waals surface area contributed by atoms with E-state index in [9.17, 15) is 15.0 Å². The number of phenols is 2. The van der Waals surface area contributed by atoms with Gasteiger partial charge in [0.15, 0.2) is 0 Å². The molecule has 0 atom stereocenters. The Bertz CT molecular complexity index is 579. The summed E-state index contributed by atoms with van der Waals surface area (Å²) < 4.78 is 0. The lowest BCUT2D eigenvalue weighted by Crippen LogP contribution is -2.34. The molecule has 0 bridgehead atoms. The summed E-state index contributed by atoms with van der Waals surface area (Å²) in [5.41, 5.74) is 1.11. The van der Waals surface area contributed by atoms with Gasteiger partial charge in [0, 0.05) is 36.1 Å². The highest BCUT2D eigenvalue weighted by molar-refractivity contribution is 6.01. The lowest BCUT2D eigenvalue weighted by atomic mass is 10.2. The molecule has 0 saturated heterocycles. The summed E-state index contributed by atoms with van der Waals surface area (Å²) in [6.07, 6.45) is 0. The highest BCUT2D eigenvalue weighted by atomic mass is 16.3. The van der Waals surface area contributed by atoms with Gasteiger partial charge in [0.25, 0.3) is 0 Å². The highest BCUT2D eigenvalue weighted by Gasteiger charge is 2.14. The van der Waals surface area contributed by atoms with Gasteiger partial charge in [-0.25, -0.2) is 4.79 Å². The predicted molar refractivity (Wildman–Crippen MR) is 78.3 cm³/mol. The molecule has 0 aromatic heterocycles. The number of benzene rings is 2. The number of nitrogens with one attached hydrogen (secondary N) is 1. The molecule has 0 fully saturated rings. The lowest BCUT2D eigenvalue weighted by Gasteiger charge is -2.21. The Labute approximate surface area is 117 Å². The molecule has 5 nitrogen and oxygen atoms in total. The first kappa shape index (κ1) is 13.7. The van der Waals surface area contributed by atoms with E-state index in [1.807, 2.05) is 37.3 Å². The smallest absolute Gasteiger partial charge is 0.326 e. The summed E-state index contributed by atoms with van der Waals surface area (Å²) >= 11 is 0. The van der Waals surface area contributed by atoms with Crippen LogP contribution >= 0.6 is 0 Å². The predicted octanol–water partition coefficient (Wildman–Crippen LogP) is 3.16. The Hall–Kier alpha value is -2.69. The third-order valence-electron chi connectivity index (χ3n) is 2.78. The molecule has 0 aliphatic rings. The summed E-state index contributed by atoms with van der Waals surface area (Å²) in [4.78, 5) is 13.8. The zero-order valence-electron chi connectivity index (χ0n) is 11.1. The fraction of sp³-hybridized carbons (Fsp3) is 0.133. The van der Waals surface area contributed by atoms with E-state index in [1.165, 1.54) is 18.2 Å². The molecule has 20 heavy (non-hydrogen) atoms. The molecule has 104 valence electrons. The van der Waals surface area contributed by atoms with E-state index in [-0.39, 0.29) is 17.5 Å². The van der Waals surface area contributed by atoms with Crippen molar-refractivity contribution < 1.29 is 15.0 Å². The number of carbonyl (C=O) groups is 1. The minimum absolute atomic E-state index is 0.108. The minimum atomic E-state index is -0.330. The molecule has 2 aromatic rings. The third kappa shape index (κ3) is 3.20. The molecule has 2 amide bonds. The van der Waals surface area contributed by atoms with Gasteiger partial charge in [0.1, 0.15) is 11.5 Å². The van der Waals surface area contributed by atoms with Gasteiger partial charge in [0.2, 0.25) is 0 Å². The van der Waals surface area contributed by atoms with Crippen LogP contribution in [0.15, 0.2) is 48.5 Å². The van der Waals surface area contributed by atoms with Gasteiger partial charge in [-0.15, -0.1) is 0 Å². The number of para-hydroxylation sites is 1. The minimum Gasteiger partial charge on any atom is -0.508 e. The summed E-state index contributed by atoms with van der Waals surface area (Å²) in [5, 5.41) is 21.4. The van der Waals surface area contributed by atoms with Crippen LogP contribution in [-0.4, -0.2) is 22.8 Å². The number of hydrogen-bond acceptors (Lipinski definition) is 3. The molecule has 2 rings (SSSR count). The summed E-state index contributed by atoms with van der Waals surface area (Å²) in [5.74, 6) is -0.217. The van der Waals surface area contributed by atoms with Gasteiger partial charge < -0.3 is 15.5 Å². The van der Waals surface area contributed by atoms with Crippen molar-refractivity contribution in [2.24, 2.45) is 0 Å². The van der Waals surface area contributed by atoms with Gasteiger partial charge in [-0.1, -0.05) is 18.2 Å². The van der Waals surface area contributed by atoms with Crippen molar-refractivity contribution in [2.75, 3.05) is 16.8 Å². The second-order valence-electron chi connectivity index (χ2n) is 4.25. The van der Waals surface area contributed by atoms with E-state index in [2.05, 4.69) is 5.32 Å². The maximum Gasteiger partial charge on any atom is 0.326 e. The molecule has 0 unspecified atom stereocenters. The molecule has 0 radical (unpaired) electrons. The number of aromatic hydroxyl groups is 2. The lowest BCUT2D eigenvalue weighted by molar-refractivity contribution is 0.257. The Kier molecular flexibility index (Phi) is 4.10. The molecule has 0 heterocycles. The fourth-order valence-corrected chi connectivity index (χ4v) is 1.91. The van der Waals surface area contributed by atoms with Crippen molar-refractivity contribution in [1.82, 2.24) is 0 Å². The number of amides is 2. The Morgan fingerprint density at radius 3 is 2.25 bits per heavy atom. The summed E-state index contributed by atoms with van der Waals surface area (Å²) in [6, 6.07) is 12.9. The number of rotatable bonds is 3. The largest absolute Gasteiger partial charge is 0.508 e. The van der Waals surface area contributed by atoms with Gasteiger partial charge in [-0.05, 0) is 19.1 Å². The van der Waals surface area contributed by atoms with Gasteiger partial charge in [-0.3, -0.25) is 4.90 Å². The Morgan fingerprint density at radius 1 is 1.10 bits per heavy atom. The first-order valence-electron chi connectivity index (χ1n) is 6.26. The van der Waals surface area contributed by atoms with Crippen LogP contribution in [0.25, 0.3) is 0 Å². The molecule has 3 N–H and O–H groups in total. The Morgan fingerprint density at radius 2 is 1.70 bits per heavy atom. The van der Waals surface area contributed by atoms with Crippen LogP contribution in [0, 0.1) is 0 Å². The molecule has 5 heteroatoms. The number of anilines is 2. The topological polar surface area (TPSA) is 72.8 Å². The van der Waals surface area contributed by atoms with Gasteiger partial charge >= 0.3 is 6.03 Å². The molecular formula is C15H16N2O3. The van der Waals surface area contributed by atoms with E-state index < -0.39 is 0 Å². The number of phenolic OH excluding ortho intramolecular Hbond substituents is 2. The summed E-state index contributed by atoms with van der Waals surface area (Å²) in [7, 11) is 0. The maximum absolute atomic E-state index is 12.2. The van der Waals surface area contributed by atoms with Crippen LogP contribution < -0.4 is 10.2 Å². The monoisotopic (exact) mass is 272 g/mol. The molecule has 0 saturated carbocycles. The normalized spacial score (nSPS) is 10.1. The van der Waals surface area contributed by atoms with Crippen LogP contribution in [-0.2, 0) is 0 Å². The van der Waals surface area contributed by atoms with E-state index in [0.29, 0.717) is 12.2 Å². The number of carbonyl (C=O) groups excluding carboxylic acids is 1. The average molecular weight is 272 g/mol. The first-order chi connectivity index (χ1) is 9.60. The number of urea groups is 1.